The number of hydrogen-bond acceptors (Lipinski definition) is 5. The molecule has 5 nitrogen and oxygen atoms in total. The van der Waals surface area contributed by atoms with Crippen LogP contribution in [0.15, 0.2) is 40.6 Å². The predicted molar refractivity (Wildman–Crippen MR) is 91.2 cm³/mol. The molecule has 1 aromatic carbocycles. The summed E-state index contributed by atoms with van der Waals surface area (Å²) in [5, 5.41) is 2.08. The van der Waals surface area contributed by atoms with Crippen molar-refractivity contribution in [2.75, 3.05) is 27.2 Å². The van der Waals surface area contributed by atoms with Crippen LogP contribution < -0.4 is 4.74 Å². The van der Waals surface area contributed by atoms with E-state index in [4.69, 9.17) is 4.74 Å². The quantitative estimate of drug-likeness (QED) is 0.794. The molecule has 0 spiro atoms. The minimum absolute atomic E-state index is 0.271. The van der Waals surface area contributed by atoms with Gasteiger partial charge in [0.05, 0.1) is 0 Å². The van der Waals surface area contributed by atoms with Crippen LogP contribution >= 0.6 is 11.3 Å². The number of ether oxygens (including phenoxy) is 1. The van der Waals surface area contributed by atoms with Gasteiger partial charge in [-0.2, -0.15) is 0 Å². The van der Waals surface area contributed by atoms with E-state index in [0.29, 0.717) is 12.4 Å². The molecule has 1 aliphatic heterocycles. The van der Waals surface area contributed by atoms with Crippen molar-refractivity contribution < 1.29 is 13.5 Å². The minimum Gasteiger partial charge on any atom is -0.593 e. The first-order valence-electron chi connectivity index (χ1n) is 7.40. The van der Waals surface area contributed by atoms with Gasteiger partial charge < -0.3 is 9.29 Å². The number of hydrogen-bond donors (Lipinski definition) is 0. The summed E-state index contributed by atoms with van der Waals surface area (Å²) in [5.41, 5.74) is 1.02. The summed E-state index contributed by atoms with van der Waals surface area (Å²) in [4.78, 5) is 3.91. The van der Waals surface area contributed by atoms with Gasteiger partial charge in [-0.25, -0.2) is 0 Å². The van der Waals surface area contributed by atoms with E-state index in [1.165, 1.54) is 23.3 Å². The number of fused-ring (bicyclic) bond motifs is 1. The van der Waals surface area contributed by atoms with Crippen molar-refractivity contribution in [1.82, 2.24) is 9.21 Å². The van der Waals surface area contributed by atoms with Gasteiger partial charge in [-0.05, 0) is 23.6 Å². The fourth-order valence-corrected chi connectivity index (χ4v) is 4.20. The van der Waals surface area contributed by atoms with Crippen LogP contribution in [0.1, 0.15) is 10.4 Å². The SMILES string of the molecule is CN(C)[S+](=O)([O-])c1ccc2c(c1)OCCN(Cc1cccs1)C2. The molecule has 124 valence electrons. The molecule has 1 aliphatic rings. The number of benzene rings is 1. The average molecular weight is 352 g/mol. The second-order valence-corrected chi connectivity index (χ2v) is 8.88. The third-order valence-corrected chi connectivity index (χ3v) is 6.51. The number of nitrogens with zero attached hydrogens (tertiary/aromatic N) is 2. The van der Waals surface area contributed by atoms with Crippen molar-refractivity contribution in [1.29, 1.82) is 0 Å². The number of thiophene rings is 1. The zero-order valence-electron chi connectivity index (χ0n) is 13.2. The van der Waals surface area contributed by atoms with Crippen molar-refractivity contribution in [2.24, 2.45) is 0 Å². The highest BCUT2D eigenvalue weighted by atomic mass is 32.3. The lowest BCUT2D eigenvalue weighted by atomic mass is 10.2. The van der Waals surface area contributed by atoms with Crippen LogP contribution in [0, 0.1) is 0 Å². The Balaban J connectivity index is 1.82. The Labute approximate surface area is 141 Å². The molecule has 0 N–H and O–H groups in total. The summed E-state index contributed by atoms with van der Waals surface area (Å²) in [5.74, 6) is 0.668. The topological polar surface area (TPSA) is 55.8 Å². The van der Waals surface area contributed by atoms with E-state index in [0.717, 1.165) is 25.2 Å². The molecule has 1 unspecified atom stereocenters. The lowest BCUT2D eigenvalue weighted by Gasteiger charge is -2.21. The molecule has 23 heavy (non-hydrogen) atoms. The van der Waals surface area contributed by atoms with Gasteiger partial charge in [-0.1, -0.05) is 10.3 Å². The molecule has 0 amide bonds. The maximum atomic E-state index is 12.2. The fourth-order valence-electron chi connectivity index (χ4n) is 2.53. The fraction of sp³-hybridized carbons (Fsp3) is 0.375. The summed E-state index contributed by atoms with van der Waals surface area (Å²) in [6, 6.07) is 9.34. The van der Waals surface area contributed by atoms with Gasteiger partial charge in [0.1, 0.15) is 12.4 Å². The highest BCUT2D eigenvalue weighted by molar-refractivity contribution is 7.95. The van der Waals surface area contributed by atoms with Gasteiger partial charge in [-0.15, -0.1) is 15.6 Å². The van der Waals surface area contributed by atoms with E-state index >= 15 is 0 Å². The first kappa shape index (κ1) is 16.6. The maximum absolute atomic E-state index is 12.2. The molecule has 1 aromatic heterocycles. The lowest BCUT2D eigenvalue weighted by Crippen LogP contribution is -2.29. The largest absolute Gasteiger partial charge is 0.593 e. The standard InChI is InChI=1S/C16H20N2O3S2/c1-17(2)23(19,20)15-6-5-13-11-18(7-8-21-16(13)10-15)12-14-4-3-9-22-14/h3-6,9-10H,7-8,11-12H2,1-2H3. The van der Waals surface area contributed by atoms with Gasteiger partial charge in [0.15, 0.2) is 15.3 Å². The van der Waals surface area contributed by atoms with Gasteiger partial charge in [0.25, 0.3) is 0 Å². The Morgan fingerprint density at radius 1 is 1.39 bits per heavy atom. The molecule has 7 heteroatoms. The highest BCUT2D eigenvalue weighted by Crippen LogP contribution is 2.30. The van der Waals surface area contributed by atoms with Crippen molar-refractivity contribution in [3.05, 3.63) is 46.2 Å². The average Bonchev–Trinajstić information content (AvgIpc) is 2.92. The zero-order valence-corrected chi connectivity index (χ0v) is 14.9. The third-order valence-electron chi connectivity index (χ3n) is 3.84. The van der Waals surface area contributed by atoms with Gasteiger partial charge in [0.2, 0.25) is 0 Å². The van der Waals surface area contributed by atoms with Crippen LogP contribution in [0.25, 0.3) is 0 Å². The van der Waals surface area contributed by atoms with Crippen LogP contribution in [-0.4, -0.2) is 41.0 Å². The van der Waals surface area contributed by atoms with E-state index in [-0.39, 0.29) is 4.90 Å². The van der Waals surface area contributed by atoms with Crippen LogP contribution in [0.2, 0.25) is 0 Å². The van der Waals surface area contributed by atoms with Gasteiger partial charge in [-0.3, -0.25) is 4.90 Å². The smallest absolute Gasteiger partial charge is 0.179 e. The normalized spacial score (nSPS) is 18.1. The van der Waals surface area contributed by atoms with Crippen LogP contribution in [0.4, 0.5) is 0 Å². The Morgan fingerprint density at radius 3 is 2.91 bits per heavy atom. The summed E-state index contributed by atoms with van der Waals surface area (Å²) in [6.07, 6.45) is 0. The van der Waals surface area contributed by atoms with E-state index in [2.05, 4.69) is 22.4 Å². The summed E-state index contributed by atoms with van der Waals surface area (Å²) >= 11 is 1.75. The molecule has 0 saturated carbocycles. The highest BCUT2D eigenvalue weighted by Gasteiger charge is 2.26. The minimum atomic E-state index is -3.44. The summed E-state index contributed by atoms with van der Waals surface area (Å²) < 4.78 is 31.5. The van der Waals surface area contributed by atoms with Crippen molar-refractivity contribution in [3.8, 4) is 5.75 Å². The molecular formula is C16H20N2O3S2. The van der Waals surface area contributed by atoms with E-state index in [9.17, 15) is 8.76 Å². The van der Waals surface area contributed by atoms with E-state index < -0.39 is 10.4 Å². The molecule has 0 bridgehead atoms. The Kier molecular flexibility index (Phi) is 4.84. The molecule has 0 aliphatic carbocycles. The van der Waals surface area contributed by atoms with Crippen LogP contribution in [0.5, 0.6) is 5.75 Å². The monoisotopic (exact) mass is 352 g/mol. The molecular weight excluding hydrogens is 332 g/mol. The van der Waals surface area contributed by atoms with Crippen molar-refractivity contribution in [2.45, 2.75) is 18.0 Å². The summed E-state index contributed by atoms with van der Waals surface area (Å²) in [6.45, 7) is 3.03. The predicted octanol–water partition coefficient (Wildman–Crippen LogP) is 2.61. The van der Waals surface area contributed by atoms with Gasteiger partial charge >= 0.3 is 0 Å². The maximum Gasteiger partial charge on any atom is 0.179 e. The molecule has 1 atom stereocenters. The van der Waals surface area contributed by atoms with Crippen molar-refractivity contribution >= 4 is 21.7 Å². The molecule has 2 heterocycles. The number of sulfonamides is 1. The zero-order chi connectivity index (χ0) is 16.4. The third kappa shape index (κ3) is 3.64. The molecule has 3 rings (SSSR count). The first-order chi connectivity index (χ1) is 11.0. The molecule has 2 aromatic rings. The molecule has 0 fully saturated rings. The van der Waals surface area contributed by atoms with Crippen LogP contribution in [0.3, 0.4) is 0 Å². The molecule has 0 radical (unpaired) electrons. The van der Waals surface area contributed by atoms with Gasteiger partial charge in [0, 0.05) is 50.2 Å². The Morgan fingerprint density at radius 2 is 2.22 bits per heavy atom. The Hall–Kier alpha value is -1.25. The second kappa shape index (κ2) is 6.70. The van der Waals surface area contributed by atoms with Crippen LogP contribution in [-0.2, 0) is 27.7 Å². The number of rotatable bonds is 4. The molecule has 0 saturated heterocycles. The Bertz CT molecular complexity index is 716. The van der Waals surface area contributed by atoms with E-state index in [1.807, 2.05) is 6.07 Å². The van der Waals surface area contributed by atoms with Crippen molar-refractivity contribution in [3.63, 3.8) is 0 Å². The first-order valence-corrected chi connectivity index (χ1v) is 9.72. The van der Waals surface area contributed by atoms with E-state index in [1.54, 1.807) is 23.5 Å². The lowest BCUT2D eigenvalue weighted by molar-refractivity contribution is 0.221. The second-order valence-electron chi connectivity index (χ2n) is 5.70. The summed E-state index contributed by atoms with van der Waals surface area (Å²) in [7, 11) is -0.371.